The third kappa shape index (κ3) is 3.92. The molecule has 0 aliphatic rings. The van der Waals surface area contributed by atoms with E-state index < -0.39 is 0 Å². The van der Waals surface area contributed by atoms with Gasteiger partial charge in [-0.3, -0.25) is 0 Å². The second-order valence-electron chi connectivity index (χ2n) is 3.25. The number of ether oxygens (including phenoxy) is 2. The van der Waals surface area contributed by atoms with E-state index in [1.807, 2.05) is 36.7 Å². The summed E-state index contributed by atoms with van der Waals surface area (Å²) in [5.74, 6) is 1.68. The molecule has 15 heavy (non-hydrogen) atoms. The molecule has 1 rings (SSSR count). The van der Waals surface area contributed by atoms with Crippen LogP contribution in [0.15, 0.2) is 18.2 Å². The van der Waals surface area contributed by atoms with Crippen molar-refractivity contribution >= 4 is 14.3 Å². The van der Waals surface area contributed by atoms with Gasteiger partial charge < -0.3 is 0 Å². The van der Waals surface area contributed by atoms with E-state index in [2.05, 4.69) is 0 Å². The van der Waals surface area contributed by atoms with E-state index in [1.54, 1.807) is 7.11 Å². The molecule has 0 aliphatic carbocycles. The molecule has 1 aromatic carbocycles. The van der Waals surface area contributed by atoms with Crippen LogP contribution in [-0.2, 0) is 15.7 Å². The van der Waals surface area contributed by atoms with Crippen molar-refractivity contribution < 1.29 is 25.2 Å². The third-order valence-electron chi connectivity index (χ3n) is 1.73. The Hall–Kier alpha value is -0.397. The molecule has 2 nitrogen and oxygen atoms in total. The Balaban J connectivity index is 3.03. The van der Waals surface area contributed by atoms with Crippen LogP contribution in [0.3, 0.4) is 0 Å². The molecule has 0 spiro atoms. The average molecular weight is 315 g/mol. The summed E-state index contributed by atoms with van der Waals surface area (Å²) in [6.45, 7) is 4.00. The van der Waals surface area contributed by atoms with Gasteiger partial charge >= 0.3 is 102 Å². The summed E-state index contributed by atoms with van der Waals surface area (Å²) in [6, 6.07) is 5.74. The molecular weight excluding hydrogens is 301 g/mol. The molecule has 0 fully saturated rings. The Bertz CT molecular complexity index is 350. The first-order chi connectivity index (χ1) is 7.17. The molecule has 1 aromatic rings. The van der Waals surface area contributed by atoms with Gasteiger partial charge in [-0.05, 0) is 0 Å². The fraction of sp³-hybridized carbons (Fsp3) is 0.364. The maximum atomic E-state index is 5.78. The first kappa shape index (κ1) is 12.7. The van der Waals surface area contributed by atoms with Gasteiger partial charge in [0.1, 0.15) is 0 Å². The number of methoxy groups -OCH3 is 1. The van der Waals surface area contributed by atoms with Gasteiger partial charge in [-0.1, -0.05) is 0 Å². The fourth-order valence-corrected chi connectivity index (χ4v) is 2.22. The molecule has 0 radical (unpaired) electrons. The predicted octanol–water partition coefficient (Wildman–Crippen LogP) is 2.87. The van der Waals surface area contributed by atoms with Crippen LogP contribution in [0.4, 0.5) is 0 Å². The van der Waals surface area contributed by atoms with Gasteiger partial charge in [0.15, 0.2) is 0 Å². The normalized spacial score (nSPS) is 11.5. The summed E-state index contributed by atoms with van der Waals surface area (Å²) >= 11 is -0.260. The van der Waals surface area contributed by atoms with Crippen molar-refractivity contribution in [3.05, 3.63) is 23.8 Å². The molecule has 0 N–H and O–H groups in total. The number of halogens is 1. The van der Waals surface area contributed by atoms with E-state index in [1.165, 1.54) is 0 Å². The summed E-state index contributed by atoms with van der Waals surface area (Å²) < 4.78 is 12.8. The Morgan fingerprint density at radius 2 is 2.13 bits per heavy atom. The molecule has 0 aliphatic heterocycles. The molecular formula is C11H14ClO2Ru. The molecule has 0 amide bonds. The monoisotopic (exact) mass is 315 g/mol. The van der Waals surface area contributed by atoms with Crippen LogP contribution in [0.1, 0.15) is 19.4 Å². The molecule has 85 valence electrons. The summed E-state index contributed by atoms with van der Waals surface area (Å²) in [4.78, 5) is 0. The van der Waals surface area contributed by atoms with Crippen molar-refractivity contribution in [2.45, 2.75) is 20.0 Å². The van der Waals surface area contributed by atoms with E-state index in [0.717, 1.165) is 17.1 Å². The van der Waals surface area contributed by atoms with Crippen molar-refractivity contribution in [2.75, 3.05) is 7.11 Å². The first-order valence-corrected chi connectivity index (χ1v) is 7.81. The SMILES string of the molecule is COc1ccc(OC(C)C)c([CH]=[Ru][Cl])c1. The van der Waals surface area contributed by atoms with E-state index in [0.29, 0.717) is 0 Å². The van der Waals surface area contributed by atoms with Gasteiger partial charge in [-0.2, -0.15) is 0 Å². The van der Waals surface area contributed by atoms with Gasteiger partial charge in [0.2, 0.25) is 0 Å². The van der Waals surface area contributed by atoms with Crippen molar-refractivity contribution in [3.63, 3.8) is 0 Å². The van der Waals surface area contributed by atoms with E-state index >= 15 is 0 Å². The third-order valence-corrected chi connectivity index (χ3v) is 2.91. The minimum absolute atomic E-state index is 0.164. The number of hydrogen-bond donors (Lipinski definition) is 0. The number of benzene rings is 1. The van der Waals surface area contributed by atoms with Gasteiger partial charge in [0.25, 0.3) is 0 Å². The van der Waals surface area contributed by atoms with Crippen molar-refractivity contribution in [1.29, 1.82) is 0 Å². The van der Waals surface area contributed by atoms with Crippen LogP contribution in [0, 0.1) is 0 Å². The molecule has 0 saturated carbocycles. The van der Waals surface area contributed by atoms with Crippen LogP contribution in [0.25, 0.3) is 0 Å². The van der Waals surface area contributed by atoms with Gasteiger partial charge in [-0.15, -0.1) is 0 Å². The van der Waals surface area contributed by atoms with Crippen LogP contribution >= 0.6 is 9.69 Å². The summed E-state index contributed by atoms with van der Waals surface area (Å²) in [7, 11) is 7.43. The van der Waals surface area contributed by atoms with Crippen molar-refractivity contribution in [1.82, 2.24) is 0 Å². The van der Waals surface area contributed by atoms with Gasteiger partial charge in [0, 0.05) is 0 Å². The molecule has 0 saturated heterocycles. The van der Waals surface area contributed by atoms with Gasteiger partial charge in [-0.25, -0.2) is 0 Å². The quantitative estimate of drug-likeness (QED) is 0.796. The zero-order valence-corrected chi connectivity index (χ0v) is 11.4. The molecule has 0 atom stereocenters. The number of rotatable bonds is 4. The predicted molar refractivity (Wildman–Crippen MR) is 59.8 cm³/mol. The van der Waals surface area contributed by atoms with Gasteiger partial charge in [0.05, 0.1) is 0 Å². The Labute approximate surface area is 102 Å². The fourth-order valence-electron chi connectivity index (χ4n) is 1.14. The second kappa shape index (κ2) is 6.24. The van der Waals surface area contributed by atoms with Crippen LogP contribution in [0.5, 0.6) is 11.5 Å². The molecule has 0 heterocycles. The molecule has 0 unspecified atom stereocenters. The average Bonchev–Trinajstić information content (AvgIpc) is 2.20. The van der Waals surface area contributed by atoms with Crippen LogP contribution in [0.2, 0.25) is 0 Å². The zero-order chi connectivity index (χ0) is 11.3. The van der Waals surface area contributed by atoms with E-state index in [-0.39, 0.29) is 21.8 Å². The minimum atomic E-state index is -0.260. The standard InChI is InChI=1S/C11H14O2.ClH.Ru/c1-8(2)13-11-6-5-10(12-4)7-9(11)3;;/h3,5-8H,1-2,4H3;1H;/q;;+1/p-1. The summed E-state index contributed by atoms with van der Waals surface area (Å²) in [5.41, 5.74) is 1.01. The van der Waals surface area contributed by atoms with Crippen molar-refractivity contribution in [3.8, 4) is 11.5 Å². The van der Waals surface area contributed by atoms with E-state index in [4.69, 9.17) is 19.2 Å². The van der Waals surface area contributed by atoms with Crippen LogP contribution in [-0.4, -0.2) is 17.8 Å². The topological polar surface area (TPSA) is 18.5 Å². The Kier molecular flexibility index (Phi) is 5.27. The number of hydrogen-bond acceptors (Lipinski definition) is 2. The van der Waals surface area contributed by atoms with Crippen molar-refractivity contribution in [2.24, 2.45) is 0 Å². The van der Waals surface area contributed by atoms with Crippen LogP contribution < -0.4 is 9.47 Å². The maximum absolute atomic E-state index is 5.78. The zero-order valence-electron chi connectivity index (χ0n) is 8.93. The summed E-state index contributed by atoms with van der Waals surface area (Å²) in [5, 5.41) is 0. The van der Waals surface area contributed by atoms with E-state index in [9.17, 15) is 0 Å². The Morgan fingerprint density at radius 3 is 2.67 bits per heavy atom. The Morgan fingerprint density at radius 1 is 1.40 bits per heavy atom. The molecule has 0 bridgehead atoms. The first-order valence-electron chi connectivity index (χ1n) is 4.57. The summed E-state index contributed by atoms with van der Waals surface area (Å²) in [6.07, 6.45) is 0.164. The second-order valence-corrected chi connectivity index (χ2v) is 5.04. The molecule has 0 aromatic heterocycles. The molecule has 4 heteroatoms.